The minimum Gasteiger partial charge on any atom is -0.481 e. The fraction of sp³-hybridized carbons (Fsp3) is 0.533. The fourth-order valence-electron chi connectivity index (χ4n) is 2.73. The first kappa shape index (κ1) is 14.5. The third-order valence-electron chi connectivity index (χ3n) is 3.98. The molecule has 1 N–H and O–H groups in total. The molecule has 0 spiro atoms. The van der Waals surface area contributed by atoms with Crippen molar-refractivity contribution in [3.63, 3.8) is 0 Å². The van der Waals surface area contributed by atoms with Crippen molar-refractivity contribution < 1.29 is 9.90 Å². The predicted molar refractivity (Wildman–Crippen MR) is 79.1 cm³/mol. The molecular formula is C15H20BrNO2. The highest BCUT2D eigenvalue weighted by atomic mass is 79.9. The first-order valence-corrected chi connectivity index (χ1v) is 7.57. The van der Waals surface area contributed by atoms with Gasteiger partial charge in [-0.3, -0.25) is 9.69 Å². The SMILES string of the molecule is CC(c1ccc(Br)cc1)N1CCC(CCC(=O)O)C1. The smallest absolute Gasteiger partial charge is 0.303 e. The zero-order chi connectivity index (χ0) is 13.8. The number of aliphatic carboxylic acids is 1. The highest BCUT2D eigenvalue weighted by molar-refractivity contribution is 9.10. The molecule has 0 aliphatic carbocycles. The van der Waals surface area contributed by atoms with Crippen LogP contribution in [-0.4, -0.2) is 29.1 Å². The maximum absolute atomic E-state index is 10.6. The molecule has 104 valence electrons. The van der Waals surface area contributed by atoms with Gasteiger partial charge in [0.25, 0.3) is 0 Å². The monoisotopic (exact) mass is 325 g/mol. The van der Waals surface area contributed by atoms with E-state index in [1.165, 1.54) is 5.56 Å². The topological polar surface area (TPSA) is 40.5 Å². The zero-order valence-electron chi connectivity index (χ0n) is 11.2. The van der Waals surface area contributed by atoms with E-state index in [9.17, 15) is 4.79 Å². The molecule has 1 aliphatic rings. The number of halogens is 1. The Bertz CT molecular complexity index is 432. The molecule has 1 aliphatic heterocycles. The molecule has 1 aromatic rings. The second kappa shape index (κ2) is 6.53. The van der Waals surface area contributed by atoms with E-state index in [1.807, 2.05) is 0 Å². The largest absolute Gasteiger partial charge is 0.481 e. The van der Waals surface area contributed by atoms with Crippen molar-refractivity contribution >= 4 is 21.9 Å². The summed E-state index contributed by atoms with van der Waals surface area (Å²) in [5.41, 5.74) is 1.32. The fourth-order valence-corrected chi connectivity index (χ4v) is 2.99. The number of carbonyl (C=O) groups is 1. The molecule has 0 radical (unpaired) electrons. The highest BCUT2D eigenvalue weighted by Crippen LogP contribution is 2.29. The van der Waals surface area contributed by atoms with Crippen molar-refractivity contribution in [2.75, 3.05) is 13.1 Å². The number of rotatable bonds is 5. The van der Waals surface area contributed by atoms with E-state index in [0.717, 1.165) is 30.4 Å². The van der Waals surface area contributed by atoms with Crippen LogP contribution in [0.15, 0.2) is 28.7 Å². The zero-order valence-corrected chi connectivity index (χ0v) is 12.8. The Kier molecular flexibility index (Phi) is 4.99. The first-order valence-electron chi connectivity index (χ1n) is 6.77. The average molecular weight is 326 g/mol. The van der Waals surface area contributed by atoms with Crippen LogP contribution in [0.1, 0.15) is 37.8 Å². The Morgan fingerprint density at radius 3 is 2.79 bits per heavy atom. The van der Waals surface area contributed by atoms with Gasteiger partial charge < -0.3 is 5.11 Å². The number of hydrogen-bond donors (Lipinski definition) is 1. The van der Waals surface area contributed by atoms with Gasteiger partial charge in [0.15, 0.2) is 0 Å². The third kappa shape index (κ3) is 4.05. The van der Waals surface area contributed by atoms with E-state index in [1.54, 1.807) is 0 Å². The van der Waals surface area contributed by atoms with Gasteiger partial charge >= 0.3 is 5.97 Å². The van der Waals surface area contributed by atoms with Gasteiger partial charge in [-0.1, -0.05) is 28.1 Å². The Labute approximate surface area is 122 Å². The summed E-state index contributed by atoms with van der Waals surface area (Å²) in [6, 6.07) is 8.86. The van der Waals surface area contributed by atoms with Gasteiger partial charge in [-0.15, -0.1) is 0 Å². The number of likely N-dealkylation sites (tertiary alicyclic amines) is 1. The lowest BCUT2D eigenvalue weighted by Crippen LogP contribution is -2.24. The Morgan fingerprint density at radius 1 is 1.47 bits per heavy atom. The van der Waals surface area contributed by atoms with Crippen molar-refractivity contribution in [2.24, 2.45) is 5.92 Å². The van der Waals surface area contributed by atoms with Gasteiger partial charge in [0.2, 0.25) is 0 Å². The van der Waals surface area contributed by atoms with Crippen molar-refractivity contribution in [3.8, 4) is 0 Å². The van der Waals surface area contributed by atoms with Crippen LogP contribution in [-0.2, 0) is 4.79 Å². The maximum atomic E-state index is 10.6. The summed E-state index contributed by atoms with van der Waals surface area (Å²) >= 11 is 3.45. The number of carboxylic acids is 1. The number of hydrogen-bond acceptors (Lipinski definition) is 2. The van der Waals surface area contributed by atoms with E-state index in [0.29, 0.717) is 18.4 Å². The summed E-state index contributed by atoms with van der Waals surface area (Å²) in [5, 5.41) is 8.73. The molecule has 0 amide bonds. The Hall–Kier alpha value is -0.870. The van der Waals surface area contributed by atoms with Gasteiger partial charge in [-0.25, -0.2) is 0 Å². The lowest BCUT2D eigenvalue weighted by molar-refractivity contribution is -0.137. The van der Waals surface area contributed by atoms with Gasteiger partial charge in [-0.2, -0.15) is 0 Å². The van der Waals surface area contributed by atoms with Crippen LogP contribution in [0.3, 0.4) is 0 Å². The molecule has 1 saturated heterocycles. The van der Waals surface area contributed by atoms with Crippen LogP contribution in [0.5, 0.6) is 0 Å². The summed E-state index contributed by atoms with van der Waals surface area (Å²) < 4.78 is 1.10. The van der Waals surface area contributed by atoms with Gasteiger partial charge in [0.1, 0.15) is 0 Å². The normalized spacial score (nSPS) is 21.5. The maximum Gasteiger partial charge on any atom is 0.303 e. The molecule has 4 heteroatoms. The van der Waals surface area contributed by atoms with E-state index in [4.69, 9.17) is 5.11 Å². The van der Waals surface area contributed by atoms with Crippen LogP contribution in [0.4, 0.5) is 0 Å². The lowest BCUT2D eigenvalue weighted by Gasteiger charge is -2.24. The summed E-state index contributed by atoms with van der Waals surface area (Å²) in [4.78, 5) is 13.1. The number of carboxylic acid groups (broad SMARTS) is 1. The van der Waals surface area contributed by atoms with E-state index < -0.39 is 5.97 Å². The van der Waals surface area contributed by atoms with Crippen LogP contribution in [0.25, 0.3) is 0 Å². The van der Waals surface area contributed by atoms with Crippen LogP contribution >= 0.6 is 15.9 Å². The van der Waals surface area contributed by atoms with Gasteiger partial charge in [0, 0.05) is 23.5 Å². The third-order valence-corrected chi connectivity index (χ3v) is 4.51. The van der Waals surface area contributed by atoms with Crippen molar-refractivity contribution in [1.29, 1.82) is 0 Å². The Morgan fingerprint density at radius 2 is 2.16 bits per heavy atom. The highest BCUT2D eigenvalue weighted by Gasteiger charge is 2.26. The molecule has 2 atom stereocenters. The minimum absolute atomic E-state index is 0.297. The number of nitrogens with zero attached hydrogens (tertiary/aromatic N) is 1. The van der Waals surface area contributed by atoms with E-state index >= 15 is 0 Å². The summed E-state index contributed by atoms with van der Waals surface area (Å²) in [6.07, 6.45) is 2.22. The molecular weight excluding hydrogens is 306 g/mol. The average Bonchev–Trinajstić information content (AvgIpc) is 2.85. The van der Waals surface area contributed by atoms with Gasteiger partial charge in [0.05, 0.1) is 0 Å². The molecule has 1 aromatic carbocycles. The van der Waals surface area contributed by atoms with Crippen molar-refractivity contribution in [2.45, 2.75) is 32.2 Å². The van der Waals surface area contributed by atoms with Crippen LogP contribution in [0, 0.1) is 5.92 Å². The Balaban J connectivity index is 1.89. The molecule has 2 unspecified atom stereocenters. The number of benzene rings is 1. The van der Waals surface area contributed by atoms with Crippen molar-refractivity contribution in [3.05, 3.63) is 34.3 Å². The summed E-state index contributed by atoms with van der Waals surface area (Å²) in [7, 11) is 0. The predicted octanol–water partition coefficient (Wildman–Crippen LogP) is 3.70. The lowest BCUT2D eigenvalue weighted by atomic mass is 10.0. The van der Waals surface area contributed by atoms with Crippen LogP contribution in [0.2, 0.25) is 0 Å². The molecule has 0 aromatic heterocycles. The molecule has 0 saturated carbocycles. The summed E-state index contributed by atoms with van der Waals surface area (Å²) in [6.45, 7) is 4.31. The van der Waals surface area contributed by atoms with E-state index in [-0.39, 0.29) is 0 Å². The molecule has 1 fully saturated rings. The standard InChI is InChI=1S/C15H20BrNO2/c1-11(13-3-5-14(16)6-4-13)17-9-8-12(10-17)2-7-15(18)19/h3-6,11-12H,2,7-10H2,1H3,(H,18,19). The van der Waals surface area contributed by atoms with Gasteiger partial charge in [-0.05, 0) is 49.9 Å². The van der Waals surface area contributed by atoms with E-state index in [2.05, 4.69) is 52.0 Å². The quantitative estimate of drug-likeness (QED) is 0.897. The molecule has 2 rings (SSSR count). The molecule has 19 heavy (non-hydrogen) atoms. The van der Waals surface area contributed by atoms with Crippen LogP contribution < -0.4 is 0 Å². The summed E-state index contributed by atoms with van der Waals surface area (Å²) in [5.74, 6) is -0.145. The molecule has 0 bridgehead atoms. The second-order valence-electron chi connectivity index (χ2n) is 5.31. The molecule has 3 nitrogen and oxygen atoms in total. The van der Waals surface area contributed by atoms with Crippen molar-refractivity contribution in [1.82, 2.24) is 4.90 Å². The first-order chi connectivity index (χ1) is 9.06. The molecule has 1 heterocycles. The minimum atomic E-state index is -0.681. The second-order valence-corrected chi connectivity index (χ2v) is 6.23.